The van der Waals surface area contributed by atoms with E-state index in [2.05, 4.69) is 70.5 Å². The second kappa shape index (κ2) is 6.09. The zero-order valence-electron chi connectivity index (χ0n) is 10.4. The van der Waals surface area contributed by atoms with Crippen molar-refractivity contribution in [1.82, 2.24) is 0 Å². The van der Waals surface area contributed by atoms with E-state index in [0.29, 0.717) is 11.9 Å². The predicted molar refractivity (Wildman–Crippen MR) is 84.8 cm³/mol. The van der Waals surface area contributed by atoms with Gasteiger partial charge in [0, 0.05) is 28.0 Å². The maximum Gasteiger partial charge on any atom is 0.0603 e. The Bertz CT molecular complexity index is 513. The molecule has 1 atom stereocenters. The molecule has 0 bridgehead atoms. The zero-order valence-corrected chi connectivity index (χ0v) is 13.5. The lowest BCUT2D eigenvalue weighted by atomic mass is 10.2. The highest BCUT2D eigenvalue weighted by molar-refractivity contribution is 9.10. The van der Waals surface area contributed by atoms with Gasteiger partial charge >= 0.3 is 0 Å². The molecule has 1 aromatic carbocycles. The third-order valence-corrected chi connectivity index (χ3v) is 5.19. The third kappa shape index (κ3) is 2.90. The minimum Gasteiger partial charge on any atom is -0.367 e. The standard InChI is InChI=1S/C14H15BrClNS/c1-10(14-4-3-7-18-14)17(2)12-6-5-11(9-16)13(15)8-12/h3-8,10H,9H2,1-2H3. The number of alkyl halides is 1. The molecule has 0 radical (unpaired) electrons. The minimum absolute atomic E-state index is 0.374. The Hall–Kier alpha value is -0.510. The Labute approximate surface area is 126 Å². The molecule has 0 aliphatic heterocycles. The van der Waals surface area contributed by atoms with Gasteiger partial charge in [-0.3, -0.25) is 0 Å². The number of nitrogens with zero attached hydrogens (tertiary/aromatic N) is 1. The molecule has 1 nitrogen and oxygen atoms in total. The third-order valence-electron chi connectivity index (χ3n) is 3.12. The monoisotopic (exact) mass is 343 g/mol. The molecule has 0 spiro atoms. The van der Waals surface area contributed by atoms with Crippen LogP contribution in [0.3, 0.4) is 0 Å². The molecule has 1 unspecified atom stereocenters. The first-order valence-corrected chi connectivity index (χ1v) is 7.95. The van der Waals surface area contributed by atoms with Crippen molar-refractivity contribution in [1.29, 1.82) is 0 Å². The summed E-state index contributed by atoms with van der Waals surface area (Å²) in [7, 11) is 2.12. The highest BCUT2D eigenvalue weighted by atomic mass is 79.9. The Morgan fingerprint density at radius 3 is 2.72 bits per heavy atom. The largest absolute Gasteiger partial charge is 0.367 e. The Kier molecular flexibility index (Phi) is 4.71. The van der Waals surface area contributed by atoms with Gasteiger partial charge in [-0.15, -0.1) is 22.9 Å². The Morgan fingerprint density at radius 2 is 2.17 bits per heavy atom. The normalized spacial score (nSPS) is 12.4. The number of anilines is 1. The van der Waals surface area contributed by atoms with E-state index in [1.54, 1.807) is 11.3 Å². The second-order valence-electron chi connectivity index (χ2n) is 4.21. The van der Waals surface area contributed by atoms with Gasteiger partial charge in [-0.05, 0) is 36.1 Å². The highest BCUT2D eigenvalue weighted by Crippen LogP contribution is 2.31. The Morgan fingerprint density at radius 1 is 1.39 bits per heavy atom. The number of thiophene rings is 1. The van der Waals surface area contributed by atoms with Crippen molar-refractivity contribution in [2.45, 2.75) is 18.8 Å². The highest BCUT2D eigenvalue weighted by Gasteiger charge is 2.14. The summed E-state index contributed by atoms with van der Waals surface area (Å²) in [5.74, 6) is 0.533. The average molecular weight is 345 g/mol. The van der Waals surface area contributed by atoms with Gasteiger partial charge in [-0.2, -0.15) is 0 Å². The lowest BCUT2D eigenvalue weighted by Gasteiger charge is -2.26. The van der Waals surface area contributed by atoms with Gasteiger partial charge in [0.15, 0.2) is 0 Å². The topological polar surface area (TPSA) is 3.24 Å². The van der Waals surface area contributed by atoms with E-state index >= 15 is 0 Å². The van der Waals surface area contributed by atoms with Crippen LogP contribution in [0.15, 0.2) is 40.2 Å². The van der Waals surface area contributed by atoms with Crippen LogP contribution in [0.1, 0.15) is 23.4 Å². The lowest BCUT2D eigenvalue weighted by molar-refractivity contribution is 0.754. The second-order valence-corrected chi connectivity index (χ2v) is 6.31. The molecule has 0 amide bonds. The molecule has 1 heterocycles. The van der Waals surface area contributed by atoms with E-state index in [1.165, 1.54) is 10.6 Å². The Balaban J connectivity index is 2.23. The van der Waals surface area contributed by atoms with Gasteiger partial charge in [0.25, 0.3) is 0 Å². The number of hydrogen-bond acceptors (Lipinski definition) is 2. The van der Waals surface area contributed by atoms with Crippen LogP contribution in [-0.2, 0) is 5.88 Å². The van der Waals surface area contributed by atoms with E-state index in [0.717, 1.165) is 10.0 Å². The molecule has 2 aromatic rings. The van der Waals surface area contributed by atoms with Crippen molar-refractivity contribution in [2.24, 2.45) is 0 Å². The molecular formula is C14H15BrClNS. The van der Waals surface area contributed by atoms with E-state index in [9.17, 15) is 0 Å². The molecule has 0 saturated carbocycles. The van der Waals surface area contributed by atoms with Crippen molar-refractivity contribution < 1.29 is 0 Å². The van der Waals surface area contributed by atoms with Crippen LogP contribution >= 0.6 is 38.9 Å². The summed E-state index contributed by atoms with van der Waals surface area (Å²) < 4.78 is 1.07. The van der Waals surface area contributed by atoms with Crippen LogP contribution in [-0.4, -0.2) is 7.05 Å². The number of hydrogen-bond donors (Lipinski definition) is 0. The van der Waals surface area contributed by atoms with Crippen LogP contribution in [0, 0.1) is 0 Å². The van der Waals surface area contributed by atoms with Crippen LogP contribution in [0.5, 0.6) is 0 Å². The van der Waals surface area contributed by atoms with Gasteiger partial charge in [-0.1, -0.05) is 28.1 Å². The fourth-order valence-electron chi connectivity index (χ4n) is 1.81. The van der Waals surface area contributed by atoms with E-state index < -0.39 is 0 Å². The smallest absolute Gasteiger partial charge is 0.0603 e. The van der Waals surface area contributed by atoms with Gasteiger partial charge in [-0.25, -0.2) is 0 Å². The summed E-state index contributed by atoms with van der Waals surface area (Å²) in [6, 6.07) is 11.0. The molecule has 4 heteroatoms. The summed E-state index contributed by atoms with van der Waals surface area (Å²) in [5.41, 5.74) is 2.31. The number of rotatable bonds is 4. The first-order chi connectivity index (χ1) is 8.63. The van der Waals surface area contributed by atoms with Gasteiger partial charge in [0.05, 0.1) is 6.04 Å². The molecular weight excluding hydrogens is 330 g/mol. The molecule has 1 aromatic heterocycles. The summed E-state index contributed by atoms with van der Waals surface area (Å²) in [5, 5.41) is 2.12. The molecule has 0 fully saturated rings. The van der Waals surface area contributed by atoms with Crippen molar-refractivity contribution in [3.63, 3.8) is 0 Å². The summed E-state index contributed by atoms with van der Waals surface area (Å²) in [6.45, 7) is 2.22. The van der Waals surface area contributed by atoms with Crippen LogP contribution in [0.2, 0.25) is 0 Å². The summed E-state index contributed by atoms with van der Waals surface area (Å²) >= 11 is 11.2. The SMILES string of the molecule is CC(c1cccs1)N(C)c1ccc(CCl)c(Br)c1. The molecule has 18 heavy (non-hydrogen) atoms. The fraction of sp³-hybridized carbons (Fsp3) is 0.286. The molecule has 0 N–H and O–H groups in total. The quantitative estimate of drug-likeness (QED) is 0.667. The van der Waals surface area contributed by atoms with Gasteiger partial charge in [0.1, 0.15) is 0 Å². The number of benzene rings is 1. The zero-order chi connectivity index (χ0) is 13.1. The van der Waals surface area contributed by atoms with E-state index in [4.69, 9.17) is 11.6 Å². The molecule has 0 aliphatic rings. The van der Waals surface area contributed by atoms with E-state index in [1.807, 2.05) is 0 Å². The first kappa shape index (κ1) is 13.9. The summed E-state index contributed by atoms with van der Waals surface area (Å²) in [6.07, 6.45) is 0. The molecule has 0 aliphatic carbocycles. The van der Waals surface area contributed by atoms with Crippen molar-refractivity contribution in [3.05, 3.63) is 50.6 Å². The summed E-state index contributed by atoms with van der Waals surface area (Å²) in [4.78, 5) is 3.64. The van der Waals surface area contributed by atoms with Crippen molar-refractivity contribution in [3.8, 4) is 0 Å². The van der Waals surface area contributed by atoms with Gasteiger partial charge in [0.2, 0.25) is 0 Å². The fourth-order valence-corrected chi connectivity index (χ4v) is 3.54. The van der Waals surface area contributed by atoms with Crippen LogP contribution in [0.4, 0.5) is 5.69 Å². The maximum absolute atomic E-state index is 5.87. The first-order valence-electron chi connectivity index (χ1n) is 5.74. The maximum atomic E-state index is 5.87. The predicted octanol–water partition coefficient (Wildman–Crippen LogP) is 5.45. The van der Waals surface area contributed by atoms with Crippen molar-refractivity contribution >= 4 is 44.6 Å². The van der Waals surface area contributed by atoms with E-state index in [-0.39, 0.29) is 0 Å². The molecule has 96 valence electrons. The minimum atomic E-state index is 0.374. The van der Waals surface area contributed by atoms with Gasteiger partial charge < -0.3 is 4.90 Å². The molecule has 0 saturated heterocycles. The average Bonchev–Trinajstić information content (AvgIpc) is 2.90. The van der Waals surface area contributed by atoms with Crippen LogP contribution in [0.25, 0.3) is 0 Å². The van der Waals surface area contributed by atoms with Crippen LogP contribution < -0.4 is 4.90 Å². The molecule has 2 rings (SSSR count). The van der Waals surface area contributed by atoms with Crippen molar-refractivity contribution in [2.75, 3.05) is 11.9 Å². The lowest BCUT2D eigenvalue weighted by Crippen LogP contribution is -2.20. The number of halogens is 2.